The second kappa shape index (κ2) is 21.6. The van der Waals surface area contributed by atoms with Crippen LogP contribution in [0.15, 0.2) is 93.9 Å². The van der Waals surface area contributed by atoms with Crippen molar-refractivity contribution in [1.29, 1.82) is 0 Å². The number of rotatable bonds is 6. The summed E-state index contributed by atoms with van der Waals surface area (Å²) >= 11 is 21.1. The first-order valence-electron chi connectivity index (χ1n) is 14.7. The molecule has 0 bridgehead atoms. The molecule has 0 spiro atoms. The van der Waals surface area contributed by atoms with Gasteiger partial charge in [-0.05, 0) is 69.9 Å². The molecule has 0 saturated carbocycles. The minimum atomic E-state index is -2.72. The van der Waals surface area contributed by atoms with Crippen LogP contribution in [0.5, 0.6) is 0 Å². The van der Waals surface area contributed by atoms with E-state index in [4.69, 9.17) is 47.3 Å². The number of alkyl halides is 1. The fourth-order valence-electron chi connectivity index (χ4n) is 4.78. The van der Waals surface area contributed by atoms with Crippen LogP contribution in [0.4, 0.5) is 9.18 Å². The molecule has 3 N–H and O–H groups in total. The summed E-state index contributed by atoms with van der Waals surface area (Å²) in [6.45, 7) is 0.153. The number of carbonyl (C=O) groups excluding carboxylic acids is 1. The quantitative estimate of drug-likeness (QED) is 0.145. The number of thiocarbonyl (C=S) groups is 2. The number of halogens is 3. The number of nitrogens with one attached hydrogen (secondary N) is 1. The summed E-state index contributed by atoms with van der Waals surface area (Å²) in [5.74, 6) is 0.324. The van der Waals surface area contributed by atoms with E-state index in [1.165, 1.54) is 18.7 Å². The van der Waals surface area contributed by atoms with Gasteiger partial charge >= 0.3 is 6.09 Å². The molecule has 0 radical (unpaired) electrons. The van der Waals surface area contributed by atoms with Gasteiger partial charge < -0.3 is 10.5 Å². The average molecular weight is 985 g/mol. The van der Waals surface area contributed by atoms with Crippen LogP contribution >= 0.6 is 47.6 Å². The number of hydrogen-bond donors (Lipinski definition) is 2. The van der Waals surface area contributed by atoms with Gasteiger partial charge in [-0.2, -0.15) is 8.73 Å². The first kappa shape index (κ1) is 44.2. The van der Waals surface area contributed by atoms with Crippen LogP contribution in [0.2, 0.25) is 10.3 Å². The fourth-order valence-corrected chi connectivity index (χ4v) is 8.51. The number of alkyl carbamates (subject to hydrolysis) is 1. The Morgan fingerprint density at radius 2 is 1.33 bits per heavy atom. The summed E-state index contributed by atoms with van der Waals surface area (Å²) in [5, 5.41) is 2.86. The van der Waals surface area contributed by atoms with Crippen LogP contribution in [-0.2, 0) is 56.8 Å². The van der Waals surface area contributed by atoms with Crippen molar-refractivity contribution in [3.8, 4) is 11.1 Å². The molecule has 0 saturated heterocycles. The maximum atomic E-state index is 12.8. The summed E-state index contributed by atoms with van der Waals surface area (Å²) in [6.07, 6.45) is 5.32. The Balaban J connectivity index is 0.000000571. The molecule has 4 aromatic rings. The molecule has 0 aliphatic heterocycles. The Bertz CT molecular complexity index is 2040. The summed E-state index contributed by atoms with van der Waals surface area (Å²) in [5.41, 5.74) is 11.2. The van der Waals surface area contributed by atoms with Gasteiger partial charge in [0.2, 0.25) is 5.11 Å². The number of amides is 1. The zero-order valence-corrected chi connectivity index (χ0v) is 34.4. The van der Waals surface area contributed by atoms with E-state index in [0.29, 0.717) is 15.9 Å². The number of fused-ring (bicyclic) bond motifs is 3. The van der Waals surface area contributed by atoms with Gasteiger partial charge in [-0.1, -0.05) is 91.3 Å². The van der Waals surface area contributed by atoms with Crippen LogP contribution in [0, 0.1) is 0 Å². The van der Waals surface area contributed by atoms with Crippen molar-refractivity contribution in [1.82, 2.24) is 15.3 Å². The molecule has 5 rings (SSSR count). The number of ether oxygens (including phenoxy) is 1. The minimum absolute atomic E-state index is 0. The number of nitrogens with zero attached hydrogens (tertiary/aromatic N) is 4. The molecule has 1 aliphatic rings. The smallest absolute Gasteiger partial charge is 0.413 e. The predicted molar refractivity (Wildman–Crippen MR) is 210 cm³/mol. The number of aromatic nitrogens is 2. The van der Waals surface area contributed by atoms with Gasteiger partial charge in [0, 0.05) is 51.9 Å². The van der Waals surface area contributed by atoms with Crippen molar-refractivity contribution >= 4 is 83.4 Å². The zero-order valence-electron chi connectivity index (χ0n) is 27.7. The van der Waals surface area contributed by atoms with Gasteiger partial charge in [0.1, 0.15) is 16.9 Å². The molecule has 10 nitrogen and oxygen atoms in total. The molecule has 1 aliphatic carbocycles. The molecule has 2 atom stereocenters. The Kier molecular flexibility index (Phi) is 18.7. The van der Waals surface area contributed by atoms with Gasteiger partial charge in [-0.25, -0.2) is 23.2 Å². The molecule has 2 aromatic carbocycles. The summed E-state index contributed by atoms with van der Waals surface area (Å²) < 4.78 is 53.3. The van der Waals surface area contributed by atoms with E-state index in [0.717, 1.165) is 27.8 Å². The van der Waals surface area contributed by atoms with Crippen LogP contribution in [0.3, 0.4) is 0 Å². The van der Waals surface area contributed by atoms with Crippen LogP contribution in [0.25, 0.3) is 11.1 Å². The molecule has 0 fully saturated rings. The SMILES string of the molecule is C.CS(=O)(Cc1ccc(Cl)nc1)=NC(=S)NC(=O)OCC1c2ccccc2-c2ccccc21.CS(=O)(Cc1ccc(Cl)nc1)=NC(N)=S.[2H]CF.[W]. The van der Waals surface area contributed by atoms with Gasteiger partial charge in [0.15, 0.2) is 5.11 Å². The fraction of sp³-hybridized carbons (Fsp3) is 0.242. The third-order valence-electron chi connectivity index (χ3n) is 6.56. The van der Waals surface area contributed by atoms with Gasteiger partial charge in [-0.3, -0.25) is 9.71 Å². The third-order valence-corrected chi connectivity index (χ3v) is 10.4. The molecule has 18 heteroatoms. The average Bonchev–Trinajstić information content (AvgIpc) is 3.35. The van der Waals surface area contributed by atoms with Crippen molar-refractivity contribution < 1.29 is 44.8 Å². The van der Waals surface area contributed by atoms with Crippen molar-refractivity contribution in [2.45, 2.75) is 24.9 Å². The van der Waals surface area contributed by atoms with Crippen molar-refractivity contribution in [2.75, 3.05) is 26.3 Å². The standard InChI is InChI=1S/C23H20ClN3O3S2.C8H10ClN3OS2.CH3F.CH4.W/c1-32(29,14-15-10-11-21(24)25-12-15)27-22(31)26-23(28)30-13-20-18-8-4-2-6-16(18)17-7-3-5-9-19(17)20;1-15(13,12-8(10)14)5-6-2-3-7(9)11-4-6;1-2;;/h2-12,20H,13-14H2,1H3,(H,26,28,31);2-4H,5H2,1H3,(H2,10,14);1H3;1H4;/i;;1D;;. The largest absolute Gasteiger partial charge is 0.448 e. The predicted octanol–water partition coefficient (Wildman–Crippen LogP) is 7.95. The number of carbonyl (C=O) groups is 1. The van der Waals surface area contributed by atoms with E-state index in [9.17, 15) is 17.6 Å². The third kappa shape index (κ3) is 14.9. The first-order valence-corrected chi connectivity index (χ1v) is 19.8. The Morgan fingerprint density at radius 1 is 0.902 bits per heavy atom. The van der Waals surface area contributed by atoms with Gasteiger partial charge in [0.25, 0.3) is 0 Å². The normalized spacial score (nSPS) is 13.4. The van der Waals surface area contributed by atoms with Crippen LogP contribution in [-0.4, -0.2) is 61.0 Å². The summed E-state index contributed by atoms with van der Waals surface area (Å²) in [6, 6.07) is 22.8. The molecule has 2 heterocycles. The topological polar surface area (TPSA) is 149 Å². The second-order valence-corrected chi connectivity index (χ2v) is 16.8. The van der Waals surface area contributed by atoms with Crippen molar-refractivity contribution in [2.24, 2.45) is 14.5 Å². The number of benzene rings is 2. The number of nitrogens with two attached hydrogens (primary N) is 1. The van der Waals surface area contributed by atoms with Crippen molar-refractivity contribution in [3.05, 3.63) is 118 Å². The molecule has 51 heavy (non-hydrogen) atoms. The van der Waals surface area contributed by atoms with Crippen LogP contribution in [0.1, 0.15) is 37.0 Å². The van der Waals surface area contributed by atoms with Crippen LogP contribution < -0.4 is 11.1 Å². The first-order chi connectivity index (χ1) is 23.6. The van der Waals surface area contributed by atoms with E-state index in [2.05, 4.69) is 48.4 Å². The summed E-state index contributed by atoms with van der Waals surface area (Å²) in [4.78, 5) is 20.2. The molecular formula is C33H37Cl2FN6O4S4W. The number of hydrogen-bond acceptors (Lipinski definition) is 8. The maximum Gasteiger partial charge on any atom is 0.413 e. The Hall–Kier alpha value is -2.91. The summed E-state index contributed by atoms with van der Waals surface area (Å²) in [7, 11) is -6.14. The van der Waals surface area contributed by atoms with E-state index >= 15 is 0 Å². The Labute approximate surface area is 335 Å². The van der Waals surface area contributed by atoms with E-state index in [-0.39, 0.29) is 62.7 Å². The molecule has 274 valence electrons. The Morgan fingerprint density at radius 3 is 1.75 bits per heavy atom. The maximum absolute atomic E-state index is 12.8. The van der Waals surface area contributed by atoms with Gasteiger partial charge in [0.05, 0.1) is 39.5 Å². The molecule has 2 unspecified atom stereocenters. The van der Waals surface area contributed by atoms with E-state index in [1.807, 2.05) is 36.4 Å². The van der Waals surface area contributed by atoms with Crippen molar-refractivity contribution in [3.63, 3.8) is 0 Å². The minimum Gasteiger partial charge on any atom is -0.448 e. The molecular weight excluding hydrogens is 946 g/mol. The zero-order chi connectivity index (χ0) is 36.9. The van der Waals surface area contributed by atoms with E-state index in [1.54, 1.807) is 30.5 Å². The molecule has 2 aromatic heterocycles. The monoisotopic (exact) mass is 983 g/mol. The second-order valence-electron chi connectivity index (χ2n) is 10.5. The van der Waals surface area contributed by atoms with Gasteiger partial charge in [-0.15, -0.1) is 0 Å². The number of pyridine rings is 2. The van der Waals surface area contributed by atoms with E-state index < -0.39 is 32.7 Å². The molecule has 1 amide bonds.